The van der Waals surface area contributed by atoms with Crippen molar-refractivity contribution in [2.24, 2.45) is 0 Å². The van der Waals surface area contributed by atoms with Gasteiger partial charge in [0.05, 0.1) is 17.3 Å². The fourth-order valence-electron chi connectivity index (χ4n) is 1.57. The number of nitrogen functional groups attached to an aromatic ring is 1. The summed E-state index contributed by atoms with van der Waals surface area (Å²) in [5.74, 6) is -0.441. The smallest absolute Gasteiger partial charge is 0.149 e. The number of nitrogens with zero attached hydrogens (tertiary/aromatic N) is 1. The van der Waals surface area contributed by atoms with Crippen LogP contribution in [0.3, 0.4) is 0 Å². The van der Waals surface area contributed by atoms with Crippen molar-refractivity contribution in [1.82, 2.24) is 4.98 Å². The summed E-state index contributed by atoms with van der Waals surface area (Å²) in [6.07, 6.45) is 0. The van der Waals surface area contributed by atoms with Gasteiger partial charge in [-0.25, -0.2) is 9.37 Å². The van der Waals surface area contributed by atoms with E-state index in [4.69, 9.17) is 22.1 Å². The molecule has 0 bridgehead atoms. The molecule has 0 unspecified atom stereocenters. The minimum atomic E-state index is -0.441. The second kappa shape index (κ2) is 4.23. The molecule has 0 fully saturated rings. The van der Waals surface area contributed by atoms with E-state index in [1.807, 2.05) is 0 Å². The summed E-state index contributed by atoms with van der Waals surface area (Å²) >= 11 is 5.95. The third kappa shape index (κ3) is 1.81. The number of anilines is 1. The number of rotatable bonds is 2. The lowest BCUT2D eigenvalue weighted by molar-refractivity contribution is 0.182. The van der Waals surface area contributed by atoms with Crippen molar-refractivity contribution in [3.8, 4) is 0 Å². The second-order valence-corrected chi connectivity index (χ2v) is 3.80. The Hall–Kier alpha value is -1.39. The van der Waals surface area contributed by atoms with Crippen LogP contribution in [0.4, 0.5) is 10.1 Å². The average Bonchev–Trinajstić information content (AvgIpc) is 2.23. The van der Waals surface area contributed by atoms with Crippen LogP contribution in [0.15, 0.2) is 18.2 Å². The molecule has 3 nitrogen and oxygen atoms in total. The Morgan fingerprint density at radius 3 is 2.94 bits per heavy atom. The monoisotopic (exact) mass is 240 g/mol. The molecule has 5 heteroatoms. The van der Waals surface area contributed by atoms with Gasteiger partial charge in [0.1, 0.15) is 11.3 Å². The third-order valence-electron chi connectivity index (χ3n) is 2.24. The van der Waals surface area contributed by atoms with Gasteiger partial charge in [0.15, 0.2) is 0 Å². The topological polar surface area (TPSA) is 48.1 Å². The summed E-state index contributed by atoms with van der Waals surface area (Å²) in [5.41, 5.74) is 6.97. The fraction of sp³-hybridized carbons (Fsp3) is 0.182. The molecular weight excluding hydrogens is 231 g/mol. The van der Waals surface area contributed by atoms with E-state index >= 15 is 0 Å². The molecule has 0 atom stereocenters. The second-order valence-electron chi connectivity index (χ2n) is 3.39. The highest BCUT2D eigenvalue weighted by Crippen LogP contribution is 2.30. The van der Waals surface area contributed by atoms with Gasteiger partial charge < -0.3 is 10.5 Å². The van der Waals surface area contributed by atoms with E-state index in [1.165, 1.54) is 19.2 Å². The Kier molecular flexibility index (Phi) is 2.94. The van der Waals surface area contributed by atoms with Gasteiger partial charge in [-0.15, -0.1) is 0 Å². The van der Waals surface area contributed by atoms with E-state index in [1.54, 1.807) is 6.07 Å². The first-order valence-corrected chi connectivity index (χ1v) is 5.03. The lowest BCUT2D eigenvalue weighted by Crippen LogP contribution is -1.99. The zero-order valence-electron chi connectivity index (χ0n) is 8.63. The lowest BCUT2D eigenvalue weighted by atomic mass is 10.1. The maximum atomic E-state index is 13.5. The van der Waals surface area contributed by atoms with Gasteiger partial charge >= 0.3 is 0 Å². The lowest BCUT2D eigenvalue weighted by Gasteiger charge is -2.07. The number of benzene rings is 1. The number of halogens is 2. The SMILES string of the molecule is COCc1cc(N)c2c(Cl)ccc(F)c2n1. The number of hydrogen-bond acceptors (Lipinski definition) is 3. The molecule has 0 aliphatic heterocycles. The number of hydrogen-bond donors (Lipinski definition) is 1. The summed E-state index contributed by atoms with van der Waals surface area (Å²) in [6.45, 7) is 0.284. The average molecular weight is 241 g/mol. The van der Waals surface area contributed by atoms with Crippen LogP contribution in [-0.2, 0) is 11.3 Å². The van der Waals surface area contributed by atoms with E-state index in [9.17, 15) is 4.39 Å². The van der Waals surface area contributed by atoms with Crippen LogP contribution >= 0.6 is 11.6 Å². The predicted molar refractivity (Wildman–Crippen MR) is 61.8 cm³/mol. The van der Waals surface area contributed by atoms with Crippen LogP contribution in [0.1, 0.15) is 5.69 Å². The zero-order valence-corrected chi connectivity index (χ0v) is 9.38. The van der Waals surface area contributed by atoms with Gasteiger partial charge in [-0.3, -0.25) is 0 Å². The summed E-state index contributed by atoms with van der Waals surface area (Å²) < 4.78 is 18.5. The maximum absolute atomic E-state index is 13.5. The highest BCUT2D eigenvalue weighted by atomic mass is 35.5. The Labute approximate surface area is 97.0 Å². The summed E-state index contributed by atoms with van der Waals surface area (Å²) in [7, 11) is 1.54. The summed E-state index contributed by atoms with van der Waals surface area (Å²) in [5, 5.41) is 0.840. The van der Waals surface area contributed by atoms with Crippen molar-refractivity contribution in [1.29, 1.82) is 0 Å². The Bertz CT molecular complexity index is 545. The molecule has 2 N–H and O–H groups in total. The van der Waals surface area contributed by atoms with Crippen molar-refractivity contribution in [2.45, 2.75) is 6.61 Å². The minimum absolute atomic E-state index is 0.180. The van der Waals surface area contributed by atoms with E-state index in [2.05, 4.69) is 4.98 Å². The molecule has 0 saturated heterocycles. The van der Waals surface area contributed by atoms with Crippen LogP contribution in [0.2, 0.25) is 5.02 Å². The Morgan fingerprint density at radius 1 is 1.50 bits per heavy atom. The van der Waals surface area contributed by atoms with Crippen LogP contribution in [-0.4, -0.2) is 12.1 Å². The molecule has 0 spiro atoms. The van der Waals surface area contributed by atoms with Crippen LogP contribution < -0.4 is 5.73 Å². The molecule has 1 aromatic carbocycles. The van der Waals surface area contributed by atoms with Crippen molar-refractivity contribution < 1.29 is 9.13 Å². The van der Waals surface area contributed by atoms with Gasteiger partial charge in [-0.05, 0) is 18.2 Å². The van der Waals surface area contributed by atoms with E-state index in [-0.39, 0.29) is 12.1 Å². The molecule has 16 heavy (non-hydrogen) atoms. The number of fused-ring (bicyclic) bond motifs is 1. The molecule has 0 amide bonds. The first kappa shape index (κ1) is 11.1. The van der Waals surface area contributed by atoms with Gasteiger partial charge in [0, 0.05) is 18.2 Å². The molecule has 0 aliphatic rings. The molecule has 1 heterocycles. The molecule has 0 radical (unpaired) electrons. The van der Waals surface area contributed by atoms with Crippen LogP contribution in [0, 0.1) is 5.82 Å². The standard InChI is InChI=1S/C11H10ClFN2O/c1-16-5-6-4-9(14)10-7(12)2-3-8(13)11(10)15-6/h2-4H,5H2,1H3,(H2,14,15). The van der Waals surface area contributed by atoms with Crippen LogP contribution in [0.5, 0.6) is 0 Å². The summed E-state index contributed by atoms with van der Waals surface area (Å²) in [6, 6.07) is 4.37. The minimum Gasteiger partial charge on any atom is -0.398 e. The molecule has 0 saturated carbocycles. The highest BCUT2D eigenvalue weighted by Gasteiger charge is 2.11. The number of pyridine rings is 1. The van der Waals surface area contributed by atoms with Crippen molar-refractivity contribution in [2.75, 3.05) is 12.8 Å². The van der Waals surface area contributed by atoms with E-state index in [0.29, 0.717) is 21.8 Å². The van der Waals surface area contributed by atoms with Gasteiger partial charge in [-0.2, -0.15) is 0 Å². The summed E-state index contributed by atoms with van der Waals surface area (Å²) in [4.78, 5) is 4.12. The van der Waals surface area contributed by atoms with Gasteiger partial charge in [-0.1, -0.05) is 11.6 Å². The van der Waals surface area contributed by atoms with E-state index in [0.717, 1.165) is 0 Å². The number of aromatic nitrogens is 1. The predicted octanol–water partition coefficient (Wildman–Crippen LogP) is 2.76. The van der Waals surface area contributed by atoms with Gasteiger partial charge in [0.25, 0.3) is 0 Å². The van der Waals surface area contributed by atoms with E-state index < -0.39 is 5.82 Å². The number of methoxy groups -OCH3 is 1. The maximum Gasteiger partial charge on any atom is 0.149 e. The molecule has 84 valence electrons. The first-order valence-electron chi connectivity index (χ1n) is 4.65. The van der Waals surface area contributed by atoms with Crippen molar-refractivity contribution in [3.63, 3.8) is 0 Å². The fourth-order valence-corrected chi connectivity index (χ4v) is 1.84. The molecule has 2 rings (SSSR count). The van der Waals surface area contributed by atoms with Crippen molar-refractivity contribution >= 4 is 28.2 Å². The number of nitrogens with two attached hydrogens (primary N) is 1. The number of ether oxygens (including phenoxy) is 1. The Morgan fingerprint density at radius 2 is 2.25 bits per heavy atom. The van der Waals surface area contributed by atoms with Crippen molar-refractivity contribution in [3.05, 3.63) is 34.7 Å². The zero-order chi connectivity index (χ0) is 11.7. The third-order valence-corrected chi connectivity index (χ3v) is 2.55. The van der Waals surface area contributed by atoms with Crippen LogP contribution in [0.25, 0.3) is 10.9 Å². The van der Waals surface area contributed by atoms with Gasteiger partial charge in [0.2, 0.25) is 0 Å². The largest absolute Gasteiger partial charge is 0.398 e. The molecule has 1 aromatic heterocycles. The quantitative estimate of drug-likeness (QED) is 0.878. The first-order chi connectivity index (χ1) is 7.63. The molecule has 2 aromatic rings. The Balaban J connectivity index is 2.76. The molecular formula is C11H10ClFN2O. The normalized spacial score (nSPS) is 10.9. The molecule has 0 aliphatic carbocycles. The highest BCUT2D eigenvalue weighted by molar-refractivity contribution is 6.36.